The second-order valence-corrected chi connectivity index (χ2v) is 7.01. The molecule has 0 N–H and O–H groups in total. The van der Waals surface area contributed by atoms with E-state index in [0.717, 1.165) is 27.6 Å². The summed E-state index contributed by atoms with van der Waals surface area (Å²) in [6, 6.07) is 13.4. The van der Waals surface area contributed by atoms with Crippen molar-refractivity contribution < 1.29 is 4.74 Å². The quantitative estimate of drug-likeness (QED) is 0.548. The molecule has 0 fully saturated rings. The molecule has 0 saturated carbocycles. The van der Waals surface area contributed by atoms with E-state index in [1.165, 1.54) is 22.5 Å². The van der Waals surface area contributed by atoms with Crippen molar-refractivity contribution in [3.63, 3.8) is 0 Å². The third-order valence-corrected chi connectivity index (χ3v) is 4.60. The van der Waals surface area contributed by atoms with Gasteiger partial charge in [-0.2, -0.15) is 5.10 Å². The van der Waals surface area contributed by atoms with Gasteiger partial charge in [0.05, 0.1) is 18.4 Å². The molecule has 0 aliphatic rings. The molecule has 0 unspecified atom stereocenters. The Balaban J connectivity index is 1.64. The van der Waals surface area contributed by atoms with Gasteiger partial charge >= 0.3 is 0 Å². The molecule has 0 aliphatic heterocycles. The molecular formula is C20H19BBrN3O2. The fourth-order valence-electron chi connectivity index (χ4n) is 2.51. The number of aromatic nitrogens is 3. The molecule has 0 spiro atoms. The molecule has 5 nitrogen and oxygen atoms in total. The molecule has 0 radical (unpaired) electrons. The van der Waals surface area contributed by atoms with Crippen LogP contribution in [-0.2, 0) is 19.5 Å². The zero-order valence-electron chi connectivity index (χ0n) is 15.1. The van der Waals surface area contributed by atoms with Crippen molar-refractivity contribution in [3.05, 3.63) is 93.1 Å². The average molecular weight is 424 g/mol. The van der Waals surface area contributed by atoms with Crippen LogP contribution in [0.1, 0.15) is 16.8 Å². The standard InChI is InChI=1S/C20H19BBrN3O2/c1-14(16-4-2-15(9-21)3-5-16)12-25-20(26)8-19(11-24-25)27-13-18-7-6-17(22)10-23-18/h2-8,10-11H,1,9,12-13,21H2. The summed E-state index contributed by atoms with van der Waals surface area (Å²) in [5.74, 6) is 0.416. The Labute approximate surface area is 167 Å². The van der Waals surface area contributed by atoms with E-state index in [1.807, 2.05) is 24.3 Å². The van der Waals surface area contributed by atoms with Crippen molar-refractivity contribution in [2.45, 2.75) is 19.5 Å². The fraction of sp³-hybridized carbons (Fsp3) is 0.150. The molecule has 1 aromatic carbocycles. The monoisotopic (exact) mass is 423 g/mol. The number of benzene rings is 1. The second-order valence-electron chi connectivity index (χ2n) is 6.10. The lowest BCUT2D eigenvalue weighted by atomic mass is 9.95. The molecule has 0 aliphatic carbocycles. The number of nitrogens with zero attached hydrogens (tertiary/aromatic N) is 3. The van der Waals surface area contributed by atoms with Crippen LogP contribution in [0.5, 0.6) is 5.75 Å². The maximum absolute atomic E-state index is 12.3. The first kappa shape index (κ1) is 19.1. The maximum Gasteiger partial charge on any atom is 0.270 e. The van der Waals surface area contributed by atoms with Crippen LogP contribution < -0.4 is 10.3 Å². The number of hydrogen-bond acceptors (Lipinski definition) is 4. The van der Waals surface area contributed by atoms with E-state index in [9.17, 15) is 4.79 Å². The van der Waals surface area contributed by atoms with Gasteiger partial charge in [0.1, 0.15) is 20.2 Å². The topological polar surface area (TPSA) is 57.0 Å². The van der Waals surface area contributed by atoms with E-state index in [1.54, 1.807) is 6.20 Å². The Kier molecular flexibility index (Phi) is 6.24. The number of allylic oxidation sites excluding steroid dienone is 1. The van der Waals surface area contributed by atoms with Crippen LogP contribution in [0.15, 0.2) is 70.7 Å². The first-order valence-corrected chi connectivity index (χ1v) is 9.42. The SMILES string of the molecule is BCc1ccc(C(=C)Cn2ncc(OCc3ccc(Br)cn3)cc2=O)cc1. The van der Waals surface area contributed by atoms with Gasteiger partial charge in [-0.05, 0) is 39.2 Å². The summed E-state index contributed by atoms with van der Waals surface area (Å²) in [4.78, 5) is 16.6. The van der Waals surface area contributed by atoms with Crippen LogP contribution in [0, 0.1) is 0 Å². The zero-order valence-corrected chi connectivity index (χ0v) is 16.6. The Morgan fingerprint density at radius 1 is 1.19 bits per heavy atom. The van der Waals surface area contributed by atoms with Gasteiger partial charge < -0.3 is 4.74 Å². The summed E-state index contributed by atoms with van der Waals surface area (Å²) in [6.45, 7) is 4.68. The summed E-state index contributed by atoms with van der Waals surface area (Å²) in [5.41, 5.74) is 3.64. The zero-order chi connectivity index (χ0) is 19.2. The third kappa shape index (κ3) is 5.17. The minimum absolute atomic E-state index is 0.234. The highest BCUT2D eigenvalue weighted by atomic mass is 79.9. The van der Waals surface area contributed by atoms with E-state index in [0.29, 0.717) is 12.3 Å². The van der Waals surface area contributed by atoms with Crippen LogP contribution >= 0.6 is 15.9 Å². The van der Waals surface area contributed by atoms with Gasteiger partial charge in [-0.25, -0.2) is 4.68 Å². The van der Waals surface area contributed by atoms with Crippen LogP contribution in [0.3, 0.4) is 0 Å². The van der Waals surface area contributed by atoms with Crippen LogP contribution in [0.25, 0.3) is 5.57 Å². The van der Waals surface area contributed by atoms with Crippen LogP contribution in [0.2, 0.25) is 0 Å². The van der Waals surface area contributed by atoms with Crippen molar-refractivity contribution in [2.24, 2.45) is 0 Å². The molecule has 2 heterocycles. The molecular weight excluding hydrogens is 405 g/mol. The van der Waals surface area contributed by atoms with E-state index in [-0.39, 0.29) is 12.2 Å². The van der Waals surface area contributed by atoms with Gasteiger partial charge in [0.15, 0.2) is 0 Å². The number of hydrogen-bond donors (Lipinski definition) is 0. The molecule has 2 aromatic heterocycles. The minimum atomic E-state index is -0.234. The summed E-state index contributed by atoms with van der Waals surface area (Å²) < 4.78 is 7.89. The van der Waals surface area contributed by atoms with Gasteiger partial charge in [-0.3, -0.25) is 9.78 Å². The molecule has 7 heteroatoms. The van der Waals surface area contributed by atoms with Gasteiger partial charge in [-0.15, -0.1) is 0 Å². The predicted molar refractivity (Wildman–Crippen MR) is 112 cm³/mol. The van der Waals surface area contributed by atoms with Gasteiger partial charge in [0.2, 0.25) is 0 Å². The summed E-state index contributed by atoms with van der Waals surface area (Å²) in [7, 11) is 2.11. The van der Waals surface area contributed by atoms with Crippen LogP contribution in [-0.4, -0.2) is 22.6 Å². The van der Waals surface area contributed by atoms with E-state index >= 15 is 0 Å². The molecule has 0 saturated heterocycles. The van der Waals surface area contributed by atoms with E-state index in [4.69, 9.17) is 4.74 Å². The Bertz CT molecular complexity index is 985. The lowest BCUT2D eigenvalue weighted by Gasteiger charge is -2.10. The van der Waals surface area contributed by atoms with Crippen molar-refractivity contribution >= 4 is 29.3 Å². The van der Waals surface area contributed by atoms with Gasteiger partial charge in [-0.1, -0.05) is 42.7 Å². The highest BCUT2D eigenvalue weighted by Gasteiger charge is 2.06. The summed E-state index contributed by atoms with van der Waals surface area (Å²) >= 11 is 3.34. The van der Waals surface area contributed by atoms with Crippen molar-refractivity contribution in [2.75, 3.05) is 0 Å². The van der Waals surface area contributed by atoms with E-state index < -0.39 is 0 Å². The first-order chi connectivity index (χ1) is 13.0. The highest BCUT2D eigenvalue weighted by Crippen LogP contribution is 2.15. The number of ether oxygens (including phenoxy) is 1. The van der Waals surface area contributed by atoms with E-state index in [2.05, 4.69) is 52.6 Å². The van der Waals surface area contributed by atoms with Gasteiger partial charge in [0, 0.05) is 16.7 Å². The lowest BCUT2D eigenvalue weighted by Crippen LogP contribution is -2.22. The van der Waals surface area contributed by atoms with Crippen LogP contribution in [0.4, 0.5) is 0 Å². The lowest BCUT2D eigenvalue weighted by molar-refractivity contribution is 0.297. The predicted octanol–water partition coefficient (Wildman–Crippen LogP) is 2.83. The first-order valence-electron chi connectivity index (χ1n) is 8.62. The second kappa shape index (κ2) is 8.82. The largest absolute Gasteiger partial charge is 0.485 e. The number of pyridine rings is 1. The van der Waals surface area contributed by atoms with Crippen molar-refractivity contribution in [1.82, 2.24) is 14.8 Å². The third-order valence-electron chi connectivity index (χ3n) is 4.13. The maximum atomic E-state index is 12.3. The molecule has 136 valence electrons. The number of rotatable bonds is 7. The average Bonchev–Trinajstić information content (AvgIpc) is 2.69. The molecule has 3 aromatic rings. The molecule has 0 amide bonds. The normalized spacial score (nSPS) is 10.6. The highest BCUT2D eigenvalue weighted by molar-refractivity contribution is 9.10. The smallest absolute Gasteiger partial charge is 0.270 e. The van der Waals surface area contributed by atoms with Crippen molar-refractivity contribution in [3.8, 4) is 5.75 Å². The minimum Gasteiger partial charge on any atom is -0.485 e. The Morgan fingerprint density at radius 3 is 2.59 bits per heavy atom. The summed E-state index contributed by atoms with van der Waals surface area (Å²) in [6.07, 6.45) is 4.23. The number of halogens is 1. The molecule has 3 rings (SSSR count). The molecule has 27 heavy (non-hydrogen) atoms. The molecule has 0 atom stereocenters. The van der Waals surface area contributed by atoms with Crippen molar-refractivity contribution in [1.29, 1.82) is 0 Å². The molecule has 0 bridgehead atoms. The Hall–Kier alpha value is -2.67. The summed E-state index contributed by atoms with van der Waals surface area (Å²) in [5, 5.41) is 4.19. The van der Waals surface area contributed by atoms with Gasteiger partial charge in [0.25, 0.3) is 5.56 Å². The fourth-order valence-corrected chi connectivity index (χ4v) is 2.75. The Morgan fingerprint density at radius 2 is 1.96 bits per heavy atom.